The van der Waals surface area contributed by atoms with Crippen LogP contribution in [-0.2, 0) is 4.79 Å². The van der Waals surface area contributed by atoms with Gasteiger partial charge in [0.2, 0.25) is 0 Å². The molecule has 0 saturated carbocycles. The fourth-order valence-corrected chi connectivity index (χ4v) is 1.12. The molecule has 0 amide bonds. The Bertz CT molecular complexity index is 211. The summed E-state index contributed by atoms with van der Waals surface area (Å²) in [5.41, 5.74) is 1.07. The van der Waals surface area contributed by atoms with Crippen molar-refractivity contribution in [2.75, 3.05) is 0 Å². The summed E-state index contributed by atoms with van der Waals surface area (Å²) in [7, 11) is 0. The Morgan fingerprint density at radius 3 is 2.42 bits per heavy atom. The fraction of sp³-hybridized carbons (Fsp3) is 0.364. The fourth-order valence-electron chi connectivity index (χ4n) is 1.12. The summed E-state index contributed by atoms with van der Waals surface area (Å²) in [5, 5.41) is 0. The molecule has 0 fully saturated rings. The van der Waals surface area contributed by atoms with Crippen molar-refractivity contribution in [2.45, 2.75) is 20.3 Å². The largest absolute Gasteiger partial charge is 0.300 e. The average Bonchev–Trinajstić information content (AvgIpc) is 1.98. The lowest BCUT2D eigenvalue weighted by Gasteiger charge is -2.09. The van der Waals surface area contributed by atoms with Crippen LogP contribution in [0.15, 0.2) is 37.0 Å². The van der Waals surface area contributed by atoms with Gasteiger partial charge in [-0.2, -0.15) is 0 Å². The second kappa shape index (κ2) is 5.53. The Labute approximate surface area is 74.5 Å². The van der Waals surface area contributed by atoms with Crippen LogP contribution >= 0.6 is 0 Å². The summed E-state index contributed by atoms with van der Waals surface area (Å²) in [5.74, 6) is 0.456. The van der Waals surface area contributed by atoms with Crippen LogP contribution in [0.5, 0.6) is 0 Å². The molecule has 1 atom stereocenters. The maximum Gasteiger partial charge on any atom is 0.130 e. The molecule has 0 aromatic carbocycles. The number of hydrogen-bond acceptors (Lipinski definition) is 1. The lowest BCUT2D eigenvalue weighted by molar-refractivity contribution is -0.117. The molecule has 0 aromatic rings. The van der Waals surface area contributed by atoms with Crippen LogP contribution in [0.25, 0.3) is 0 Å². The summed E-state index contributed by atoms with van der Waals surface area (Å²) < 4.78 is 0. The first-order valence-electron chi connectivity index (χ1n) is 4.06. The topological polar surface area (TPSA) is 17.1 Å². The van der Waals surface area contributed by atoms with Gasteiger partial charge in [-0.15, -0.1) is 0 Å². The highest BCUT2D eigenvalue weighted by Gasteiger charge is 2.07. The average molecular weight is 164 g/mol. The molecule has 1 heteroatoms. The van der Waals surface area contributed by atoms with Crippen molar-refractivity contribution in [1.29, 1.82) is 0 Å². The first-order chi connectivity index (χ1) is 5.61. The van der Waals surface area contributed by atoms with Crippen molar-refractivity contribution in [3.8, 4) is 0 Å². The summed E-state index contributed by atoms with van der Waals surface area (Å²) >= 11 is 0. The van der Waals surface area contributed by atoms with E-state index >= 15 is 0 Å². The van der Waals surface area contributed by atoms with Gasteiger partial charge in [0.1, 0.15) is 5.78 Å². The van der Waals surface area contributed by atoms with Gasteiger partial charge in [0.05, 0.1) is 0 Å². The van der Waals surface area contributed by atoms with E-state index in [1.54, 1.807) is 19.1 Å². The second-order valence-corrected chi connectivity index (χ2v) is 2.91. The van der Waals surface area contributed by atoms with Gasteiger partial charge < -0.3 is 4.79 Å². The molecule has 0 N–H and O–H groups in total. The van der Waals surface area contributed by atoms with Crippen molar-refractivity contribution >= 4 is 5.78 Å². The van der Waals surface area contributed by atoms with Crippen molar-refractivity contribution in [1.82, 2.24) is 0 Å². The van der Waals surface area contributed by atoms with Gasteiger partial charge in [0, 0.05) is 6.42 Å². The normalized spacial score (nSPS) is 13.7. The van der Waals surface area contributed by atoms with E-state index in [9.17, 15) is 4.79 Å². The molecule has 0 spiro atoms. The molecule has 1 unspecified atom stereocenters. The van der Waals surface area contributed by atoms with Crippen molar-refractivity contribution < 1.29 is 4.79 Å². The lowest BCUT2D eigenvalue weighted by Crippen LogP contribution is -2.03. The van der Waals surface area contributed by atoms with Crippen LogP contribution in [0.4, 0.5) is 0 Å². The van der Waals surface area contributed by atoms with E-state index in [1.165, 1.54) is 0 Å². The minimum absolute atomic E-state index is 0.208. The third-order valence-corrected chi connectivity index (χ3v) is 1.71. The molecule has 0 bridgehead atoms. The van der Waals surface area contributed by atoms with Gasteiger partial charge in [-0.3, -0.25) is 0 Å². The number of carbonyl (C=O) groups excluding carboxylic acids is 1. The first-order valence-corrected chi connectivity index (χ1v) is 4.06. The third kappa shape index (κ3) is 3.91. The van der Waals surface area contributed by atoms with E-state index in [1.807, 2.05) is 13.0 Å². The van der Waals surface area contributed by atoms with Gasteiger partial charge in [0.25, 0.3) is 0 Å². The van der Waals surface area contributed by atoms with E-state index in [4.69, 9.17) is 0 Å². The summed E-state index contributed by atoms with van der Waals surface area (Å²) in [6, 6.07) is 0. The standard InChI is InChI=1S/C11H16O/c1-5-7-11(6-2)9(3)8-10(4)12/h5-7,9H,1-2,8H2,3-4H3/b11-7+. The number of carbonyl (C=O) groups is 1. The summed E-state index contributed by atoms with van der Waals surface area (Å²) in [6.07, 6.45) is 5.95. The van der Waals surface area contributed by atoms with Crippen molar-refractivity contribution in [3.05, 3.63) is 37.0 Å². The van der Waals surface area contributed by atoms with E-state index < -0.39 is 0 Å². The SMILES string of the molecule is C=C/C=C(\C=C)C(C)CC(C)=O. The molecule has 0 saturated heterocycles. The summed E-state index contributed by atoms with van der Waals surface area (Å²) in [4.78, 5) is 10.8. The highest BCUT2D eigenvalue weighted by atomic mass is 16.1. The number of Topliss-reactive ketones (excluding diaryl/α,β-unsaturated/α-hetero) is 1. The molecule has 0 rings (SSSR count). The van der Waals surface area contributed by atoms with Gasteiger partial charge in [-0.1, -0.05) is 38.3 Å². The van der Waals surface area contributed by atoms with Crippen molar-refractivity contribution in [3.63, 3.8) is 0 Å². The number of rotatable bonds is 5. The van der Waals surface area contributed by atoms with Gasteiger partial charge in [-0.25, -0.2) is 0 Å². The van der Waals surface area contributed by atoms with Gasteiger partial charge >= 0.3 is 0 Å². The minimum Gasteiger partial charge on any atom is -0.300 e. The van der Waals surface area contributed by atoms with Crippen molar-refractivity contribution in [2.24, 2.45) is 5.92 Å². The number of allylic oxidation sites excluding steroid dienone is 4. The smallest absolute Gasteiger partial charge is 0.130 e. The number of hydrogen-bond donors (Lipinski definition) is 0. The molecular weight excluding hydrogens is 148 g/mol. The van der Waals surface area contributed by atoms with Crippen LogP contribution in [0, 0.1) is 5.92 Å². The Kier molecular flexibility index (Phi) is 5.02. The molecule has 0 radical (unpaired) electrons. The van der Waals surface area contributed by atoms with Crippen LogP contribution < -0.4 is 0 Å². The van der Waals surface area contributed by atoms with Crippen LogP contribution in [-0.4, -0.2) is 5.78 Å². The van der Waals surface area contributed by atoms with E-state index in [-0.39, 0.29) is 11.7 Å². The first kappa shape index (κ1) is 10.9. The van der Waals surface area contributed by atoms with Crippen LogP contribution in [0.2, 0.25) is 0 Å². The minimum atomic E-state index is 0.208. The molecule has 1 nitrogen and oxygen atoms in total. The number of ketones is 1. The maximum absolute atomic E-state index is 10.8. The Balaban J connectivity index is 4.31. The Hall–Kier alpha value is -1.11. The zero-order valence-electron chi connectivity index (χ0n) is 7.84. The maximum atomic E-state index is 10.8. The zero-order chi connectivity index (χ0) is 9.56. The molecule has 66 valence electrons. The Morgan fingerprint density at radius 1 is 1.50 bits per heavy atom. The predicted molar refractivity (Wildman–Crippen MR) is 52.9 cm³/mol. The highest BCUT2D eigenvalue weighted by molar-refractivity contribution is 5.76. The molecule has 0 heterocycles. The summed E-state index contributed by atoms with van der Waals surface area (Å²) in [6.45, 7) is 10.9. The third-order valence-electron chi connectivity index (χ3n) is 1.71. The van der Waals surface area contributed by atoms with Gasteiger partial charge in [-0.05, 0) is 18.4 Å². The molecule has 0 aliphatic rings. The zero-order valence-corrected chi connectivity index (χ0v) is 7.84. The van der Waals surface area contributed by atoms with E-state index in [0.29, 0.717) is 6.42 Å². The lowest BCUT2D eigenvalue weighted by atomic mass is 9.95. The monoisotopic (exact) mass is 164 g/mol. The Morgan fingerprint density at radius 2 is 2.08 bits per heavy atom. The van der Waals surface area contributed by atoms with Gasteiger partial charge in [0.15, 0.2) is 0 Å². The van der Waals surface area contributed by atoms with Crippen LogP contribution in [0.3, 0.4) is 0 Å². The highest BCUT2D eigenvalue weighted by Crippen LogP contribution is 2.15. The molecule has 12 heavy (non-hydrogen) atoms. The molecular formula is C11H16O. The van der Waals surface area contributed by atoms with E-state index in [2.05, 4.69) is 13.2 Å². The predicted octanol–water partition coefficient (Wildman–Crippen LogP) is 2.90. The molecule has 0 aromatic heterocycles. The molecule has 0 aliphatic carbocycles. The molecule has 0 aliphatic heterocycles. The second-order valence-electron chi connectivity index (χ2n) is 2.91. The van der Waals surface area contributed by atoms with Crippen LogP contribution in [0.1, 0.15) is 20.3 Å². The van der Waals surface area contributed by atoms with E-state index in [0.717, 1.165) is 5.57 Å². The quantitative estimate of drug-likeness (QED) is 0.571.